The lowest BCUT2D eigenvalue weighted by Gasteiger charge is -2.09. The summed E-state index contributed by atoms with van der Waals surface area (Å²) in [5.74, 6) is -2.61. The van der Waals surface area contributed by atoms with Gasteiger partial charge in [0.25, 0.3) is 11.8 Å². The Bertz CT molecular complexity index is 846. The van der Waals surface area contributed by atoms with Gasteiger partial charge in [-0.1, -0.05) is 12.1 Å². The van der Waals surface area contributed by atoms with Crippen LogP contribution in [0.5, 0.6) is 0 Å². The SMILES string of the molecule is O=C(NNC(=O)c1cccc(NC(=O)c2cccs2)c1)C(=O)NC1CC1. The molecular formula is C17H16N4O4S. The minimum Gasteiger partial charge on any atom is -0.345 e. The van der Waals surface area contributed by atoms with Crippen LogP contribution in [0.15, 0.2) is 41.8 Å². The summed E-state index contributed by atoms with van der Waals surface area (Å²) in [6.07, 6.45) is 1.71. The van der Waals surface area contributed by atoms with E-state index in [1.807, 2.05) is 0 Å². The van der Waals surface area contributed by atoms with Gasteiger partial charge in [0.1, 0.15) is 0 Å². The quantitative estimate of drug-likeness (QED) is 0.474. The van der Waals surface area contributed by atoms with Crippen molar-refractivity contribution in [2.24, 2.45) is 0 Å². The number of hydrazine groups is 1. The van der Waals surface area contributed by atoms with Crippen molar-refractivity contribution < 1.29 is 19.2 Å². The van der Waals surface area contributed by atoms with Crippen LogP contribution < -0.4 is 21.5 Å². The predicted molar refractivity (Wildman–Crippen MR) is 95.5 cm³/mol. The molecule has 1 fully saturated rings. The van der Waals surface area contributed by atoms with Crippen LogP contribution in [0.2, 0.25) is 0 Å². The minimum atomic E-state index is -0.938. The summed E-state index contributed by atoms with van der Waals surface area (Å²) in [6, 6.07) is 9.74. The Kier molecular flexibility index (Phi) is 5.28. The Hall–Kier alpha value is -3.20. The maximum atomic E-state index is 12.1. The molecule has 2 aromatic rings. The molecule has 0 radical (unpaired) electrons. The second-order valence-electron chi connectivity index (χ2n) is 5.67. The molecule has 0 saturated heterocycles. The zero-order chi connectivity index (χ0) is 18.5. The number of carbonyl (C=O) groups is 4. The van der Waals surface area contributed by atoms with Gasteiger partial charge >= 0.3 is 11.8 Å². The van der Waals surface area contributed by atoms with Gasteiger partial charge < -0.3 is 10.6 Å². The molecule has 1 aromatic heterocycles. The molecular weight excluding hydrogens is 356 g/mol. The van der Waals surface area contributed by atoms with Crippen LogP contribution in [0.1, 0.15) is 32.9 Å². The Morgan fingerprint density at radius 1 is 0.923 bits per heavy atom. The monoisotopic (exact) mass is 372 g/mol. The third kappa shape index (κ3) is 4.67. The Balaban J connectivity index is 1.54. The summed E-state index contributed by atoms with van der Waals surface area (Å²) in [7, 11) is 0. The van der Waals surface area contributed by atoms with Crippen molar-refractivity contribution in [2.75, 3.05) is 5.32 Å². The van der Waals surface area contributed by atoms with Crippen LogP contribution in [-0.4, -0.2) is 29.7 Å². The number of rotatable bonds is 4. The highest BCUT2D eigenvalue weighted by molar-refractivity contribution is 7.12. The van der Waals surface area contributed by atoms with Gasteiger partial charge in [0.15, 0.2) is 0 Å². The number of hydrogen-bond donors (Lipinski definition) is 4. The maximum absolute atomic E-state index is 12.1. The fraction of sp³-hybridized carbons (Fsp3) is 0.176. The van der Waals surface area contributed by atoms with E-state index in [-0.39, 0.29) is 17.5 Å². The van der Waals surface area contributed by atoms with Crippen molar-refractivity contribution in [3.8, 4) is 0 Å². The summed E-state index contributed by atoms with van der Waals surface area (Å²) >= 11 is 1.31. The zero-order valence-corrected chi connectivity index (χ0v) is 14.4. The number of thiophene rings is 1. The van der Waals surface area contributed by atoms with Gasteiger partial charge in [0.05, 0.1) is 4.88 Å². The Morgan fingerprint density at radius 3 is 2.42 bits per heavy atom. The number of amides is 4. The van der Waals surface area contributed by atoms with Gasteiger partial charge in [-0.25, -0.2) is 0 Å². The van der Waals surface area contributed by atoms with E-state index in [0.717, 1.165) is 12.8 Å². The largest absolute Gasteiger partial charge is 0.345 e. The van der Waals surface area contributed by atoms with Crippen LogP contribution in [-0.2, 0) is 9.59 Å². The van der Waals surface area contributed by atoms with Gasteiger partial charge in [-0.15, -0.1) is 11.3 Å². The first kappa shape index (κ1) is 17.6. The lowest BCUT2D eigenvalue weighted by molar-refractivity contribution is -0.139. The zero-order valence-electron chi connectivity index (χ0n) is 13.6. The topological polar surface area (TPSA) is 116 Å². The first-order chi connectivity index (χ1) is 12.5. The van der Waals surface area contributed by atoms with Crippen molar-refractivity contribution in [2.45, 2.75) is 18.9 Å². The standard InChI is InChI=1S/C17H16N4O4S/c22-14(20-21-17(25)16(24)18-11-6-7-11)10-3-1-4-12(9-10)19-15(23)13-5-2-8-26-13/h1-5,8-9,11H,6-7H2,(H,18,24)(H,19,23)(H,20,22)(H,21,25). The highest BCUT2D eigenvalue weighted by atomic mass is 32.1. The number of carbonyl (C=O) groups excluding carboxylic acids is 4. The summed E-state index contributed by atoms with van der Waals surface area (Å²) in [4.78, 5) is 47.8. The molecule has 9 heteroatoms. The van der Waals surface area contributed by atoms with E-state index in [4.69, 9.17) is 0 Å². The van der Waals surface area contributed by atoms with Gasteiger partial charge in [0, 0.05) is 17.3 Å². The van der Waals surface area contributed by atoms with Crippen molar-refractivity contribution in [1.82, 2.24) is 16.2 Å². The average Bonchev–Trinajstić information content (AvgIpc) is 3.27. The normalized spacial score (nSPS) is 12.8. The van der Waals surface area contributed by atoms with Crippen LogP contribution >= 0.6 is 11.3 Å². The molecule has 1 aromatic carbocycles. The fourth-order valence-corrected chi connectivity index (χ4v) is 2.68. The molecule has 1 aliphatic carbocycles. The number of benzene rings is 1. The Morgan fingerprint density at radius 2 is 1.73 bits per heavy atom. The van der Waals surface area contributed by atoms with E-state index in [2.05, 4.69) is 21.5 Å². The van der Waals surface area contributed by atoms with E-state index >= 15 is 0 Å². The van der Waals surface area contributed by atoms with Crippen molar-refractivity contribution in [3.63, 3.8) is 0 Å². The summed E-state index contributed by atoms with van der Waals surface area (Å²) < 4.78 is 0. The van der Waals surface area contributed by atoms with Gasteiger partial charge in [0.2, 0.25) is 0 Å². The molecule has 1 saturated carbocycles. The van der Waals surface area contributed by atoms with Gasteiger partial charge in [-0.05, 0) is 42.5 Å². The molecule has 0 aliphatic heterocycles. The lowest BCUT2D eigenvalue weighted by Crippen LogP contribution is -2.49. The smallest absolute Gasteiger partial charge is 0.327 e. The van der Waals surface area contributed by atoms with Crippen LogP contribution in [0, 0.1) is 0 Å². The maximum Gasteiger partial charge on any atom is 0.327 e. The minimum absolute atomic E-state index is 0.0487. The first-order valence-corrected chi connectivity index (χ1v) is 8.77. The van der Waals surface area contributed by atoms with E-state index < -0.39 is 17.7 Å². The van der Waals surface area contributed by atoms with Crippen molar-refractivity contribution >= 4 is 40.7 Å². The van der Waals surface area contributed by atoms with Crippen LogP contribution in [0.3, 0.4) is 0 Å². The molecule has 3 rings (SSSR count). The van der Waals surface area contributed by atoms with Crippen molar-refractivity contribution in [3.05, 3.63) is 52.2 Å². The van der Waals surface area contributed by atoms with E-state index in [0.29, 0.717) is 10.6 Å². The second kappa shape index (κ2) is 7.79. The third-order valence-corrected chi connectivity index (χ3v) is 4.40. The number of anilines is 1. The second-order valence-corrected chi connectivity index (χ2v) is 6.62. The summed E-state index contributed by atoms with van der Waals surface area (Å²) in [5.41, 5.74) is 4.89. The lowest BCUT2D eigenvalue weighted by atomic mass is 10.2. The van der Waals surface area contributed by atoms with Gasteiger partial charge in [-0.2, -0.15) is 0 Å². The highest BCUT2D eigenvalue weighted by Gasteiger charge is 2.26. The van der Waals surface area contributed by atoms with Gasteiger partial charge in [-0.3, -0.25) is 30.0 Å². The molecule has 4 amide bonds. The van der Waals surface area contributed by atoms with Crippen LogP contribution in [0.4, 0.5) is 5.69 Å². The highest BCUT2D eigenvalue weighted by Crippen LogP contribution is 2.18. The fourth-order valence-electron chi connectivity index (χ4n) is 2.06. The van der Waals surface area contributed by atoms with Crippen molar-refractivity contribution in [1.29, 1.82) is 0 Å². The molecule has 4 N–H and O–H groups in total. The molecule has 0 atom stereocenters. The average molecular weight is 372 g/mol. The molecule has 1 aliphatic rings. The molecule has 1 heterocycles. The molecule has 0 bridgehead atoms. The first-order valence-electron chi connectivity index (χ1n) is 7.89. The molecule has 0 unspecified atom stereocenters. The number of nitrogens with one attached hydrogen (secondary N) is 4. The third-order valence-electron chi connectivity index (χ3n) is 3.54. The van der Waals surface area contributed by atoms with E-state index in [1.54, 1.807) is 29.6 Å². The molecule has 134 valence electrons. The summed E-state index contributed by atoms with van der Waals surface area (Å²) in [5, 5.41) is 7.00. The molecule has 26 heavy (non-hydrogen) atoms. The number of hydrogen-bond acceptors (Lipinski definition) is 5. The Labute approximate surface area is 152 Å². The van der Waals surface area contributed by atoms with E-state index in [9.17, 15) is 19.2 Å². The summed E-state index contributed by atoms with van der Waals surface area (Å²) in [6.45, 7) is 0. The van der Waals surface area contributed by atoms with Crippen LogP contribution in [0.25, 0.3) is 0 Å². The van der Waals surface area contributed by atoms with E-state index in [1.165, 1.54) is 23.5 Å². The molecule has 8 nitrogen and oxygen atoms in total. The predicted octanol–water partition coefficient (Wildman–Crippen LogP) is 1.04. The molecule has 0 spiro atoms.